The van der Waals surface area contributed by atoms with Crippen LogP contribution in [0, 0.1) is 5.82 Å². The zero-order chi connectivity index (χ0) is 20.2. The molecule has 2 aromatic carbocycles. The van der Waals surface area contributed by atoms with Crippen LogP contribution in [0.3, 0.4) is 0 Å². The molecule has 3 heterocycles. The molecule has 0 unspecified atom stereocenters. The average Bonchev–Trinajstić information content (AvgIpc) is 3.11. The van der Waals surface area contributed by atoms with Crippen LogP contribution >= 0.6 is 0 Å². The van der Waals surface area contributed by atoms with E-state index in [0.29, 0.717) is 18.5 Å². The first-order valence-corrected chi connectivity index (χ1v) is 9.50. The number of carbonyl (C=O) groups is 2. The number of halogens is 1. The SMILES string of the molecule is C[C@@]12C(=O)N(N=Cc3ccc(F)cc3)CC(=O)N1CCc1c2[nH]c2ccccc12. The van der Waals surface area contributed by atoms with Gasteiger partial charge in [0.05, 0.1) is 11.9 Å². The Labute approximate surface area is 166 Å². The van der Waals surface area contributed by atoms with E-state index >= 15 is 0 Å². The summed E-state index contributed by atoms with van der Waals surface area (Å²) >= 11 is 0. The molecule has 2 amide bonds. The number of nitrogens with zero attached hydrogens (tertiary/aromatic N) is 3. The van der Waals surface area contributed by atoms with Crippen molar-refractivity contribution in [3.05, 3.63) is 71.2 Å². The largest absolute Gasteiger partial charge is 0.356 e. The molecule has 29 heavy (non-hydrogen) atoms. The van der Waals surface area contributed by atoms with Crippen molar-refractivity contribution in [2.24, 2.45) is 5.10 Å². The van der Waals surface area contributed by atoms with Crippen LogP contribution in [0.5, 0.6) is 0 Å². The third kappa shape index (κ3) is 2.57. The molecule has 0 radical (unpaired) electrons. The Morgan fingerprint density at radius 2 is 1.90 bits per heavy atom. The van der Waals surface area contributed by atoms with E-state index in [9.17, 15) is 14.0 Å². The second-order valence-corrected chi connectivity index (χ2v) is 7.55. The van der Waals surface area contributed by atoms with Crippen LogP contribution in [-0.4, -0.2) is 46.0 Å². The number of rotatable bonds is 2. The first kappa shape index (κ1) is 17.6. The number of hydrazone groups is 1. The van der Waals surface area contributed by atoms with Crippen molar-refractivity contribution in [3.63, 3.8) is 0 Å². The number of aromatic nitrogens is 1. The molecule has 1 fully saturated rings. The maximum absolute atomic E-state index is 13.5. The minimum Gasteiger partial charge on any atom is -0.356 e. The van der Waals surface area contributed by atoms with Crippen LogP contribution in [0.25, 0.3) is 10.9 Å². The lowest BCUT2D eigenvalue weighted by Gasteiger charge is -2.48. The standard InChI is InChI=1S/C22H19FN4O2/c1-22-20-17(16-4-2-3-5-18(16)25-20)10-11-26(22)19(28)13-27(21(22)29)24-12-14-6-8-15(23)9-7-14/h2-9,12,25H,10-11,13H2,1H3/t22-/m1/s1. The highest BCUT2D eigenvalue weighted by molar-refractivity contribution is 6.01. The van der Waals surface area contributed by atoms with Gasteiger partial charge in [0.25, 0.3) is 5.91 Å². The Morgan fingerprint density at radius 3 is 2.69 bits per heavy atom. The van der Waals surface area contributed by atoms with Gasteiger partial charge >= 0.3 is 0 Å². The molecule has 0 bridgehead atoms. The van der Waals surface area contributed by atoms with Crippen molar-refractivity contribution in [1.82, 2.24) is 14.9 Å². The van der Waals surface area contributed by atoms with Gasteiger partial charge in [0.1, 0.15) is 12.4 Å². The second-order valence-electron chi connectivity index (χ2n) is 7.55. The van der Waals surface area contributed by atoms with Crippen molar-refractivity contribution in [1.29, 1.82) is 0 Å². The zero-order valence-corrected chi connectivity index (χ0v) is 15.9. The number of H-pyrrole nitrogens is 1. The van der Waals surface area contributed by atoms with Crippen molar-refractivity contribution in [3.8, 4) is 0 Å². The Kier molecular flexibility index (Phi) is 3.81. The molecule has 1 aromatic heterocycles. The monoisotopic (exact) mass is 390 g/mol. The van der Waals surface area contributed by atoms with Gasteiger partial charge < -0.3 is 9.88 Å². The van der Waals surface area contributed by atoms with Crippen LogP contribution < -0.4 is 0 Å². The molecule has 2 aliphatic rings. The number of nitrogens with one attached hydrogen (secondary N) is 1. The molecule has 5 rings (SSSR count). The maximum atomic E-state index is 13.5. The summed E-state index contributed by atoms with van der Waals surface area (Å²) in [6, 6.07) is 13.7. The molecule has 0 aliphatic carbocycles. The van der Waals surface area contributed by atoms with E-state index in [1.165, 1.54) is 23.4 Å². The number of hydrogen-bond donors (Lipinski definition) is 1. The van der Waals surface area contributed by atoms with Gasteiger partial charge in [0.15, 0.2) is 5.54 Å². The number of benzene rings is 2. The molecule has 2 aliphatic heterocycles. The molecule has 3 aromatic rings. The van der Waals surface area contributed by atoms with Crippen molar-refractivity contribution < 1.29 is 14.0 Å². The third-order valence-electron chi connectivity index (χ3n) is 5.88. The summed E-state index contributed by atoms with van der Waals surface area (Å²) in [5.41, 5.74) is 2.29. The summed E-state index contributed by atoms with van der Waals surface area (Å²) < 4.78 is 13.1. The molecule has 6 nitrogen and oxygen atoms in total. The van der Waals surface area contributed by atoms with Gasteiger partial charge in [-0.1, -0.05) is 30.3 Å². The number of fused-ring (bicyclic) bond motifs is 5. The molecular weight excluding hydrogens is 371 g/mol. The van der Waals surface area contributed by atoms with Gasteiger partial charge in [0, 0.05) is 17.4 Å². The highest BCUT2D eigenvalue weighted by Crippen LogP contribution is 2.41. The molecule has 1 saturated heterocycles. The Balaban J connectivity index is 1.56. The lowest BCUT2D eigenvalue weighted by Crippen LogP contribution is -2.65. The molecule has 146 valence electrons. The fraction of sp³-hybridized carbons (Fsp3) is 0.227. The molecular formula is C22H19FN4O2. The summed E-state index contributed by atoms with van der Waals surface area (Å²) in [5.74, 6) is -0.751. The van der Waals surface area contributed by atoms with E-state index in [0.717, 1.165) is 22.2 Å². The highest BCUT2D eigenvalue weighted by Gasteiger charge is 2.54. The third-order valence-corrected chi connectivity index (χ3v) is 5.88. The van der Waals surface area contributed by atoms with E-state index < -0.39 is 5.54 Å². The Hall–Kier alpha value is -3.48. The van der Waals surface area contributed by atoms with Crippen LogP contribution in [0.15, 0.2) is 53.6 Å². The van der Waals surface area contributed by atoms with E-state index in [-0.39, 0.29) is 24.2 Å². The van der Waals surface area contributed by atoms with Crippen molar-refractivity contribution >= 4 is 28.9 Å². The van der Waals surface area contributed by atoms with Gasteiger partial charge in [-0.3, -0.25) is 9.59 Å². The van der Waals surface area contributed by atoms with Gasteiger partial charge in [-0.2, -0.15) is 5.10 Å². The maximum Gasteiger partial charge on any atom is 0.275 e. The first-order chi connectivity index (χ1) is 14.0. The predicted molar refractivity (Wildman–Crippen MR) is 107 cm³/mol. The van der Waals surface area contributed by atoms with Gasteiger partial charge in [-0.05, 0) is 42.7 Å². The normalized spacial score (nSPS) is 21.7. The summed E-state index contributed by atoms with van der Waals surface area (Å²) in [7, 11) is 0. The number of amides is 2. The second kappa shape index (κ2) is 6.27. The van der Waals surface area contributed by atoms with Crippen LogP contribution in [-0.2, 0) is 21.5 Å². The van der Waals surface area contributed by atoms with Crippen molar-refractivity contribution in [2.75, 3.05) is 13.1 Å². The van der Waals surface area contributed by atoms with Crippen molar-refractivity contribution in [2.45, 2.75) is 18.9 Å². The molecule has 1 atom stereocenters. The molecule has 7 heteroatoms. The van der Waals surface area contributed by atoms with Gasteiger partial charge in [-0.25, -0.2) is 9.40 Å². The number of aromatic amines is 1. The summed E-state index contributed by atoms with van der Waals surface area (Å²) in [4.78, 5) is 31.4. The zero-order valence-electron chi connectivity index (χ0n) is 15.9. The summed E-state index contributed by atoms with van der Waals surface area (Å²) in [5, 5.41) is 6.54. The van der Waals surface area contributed by atoms with Crippen LogP contribution in [0.2, 0.25) is 0 Å². The fourth-order valence-corrected chi connectivity index (χ4v) is 4.37. The molecule has 1 N–H and O–H groups in total. The number of hydrogen-bond acceptors (Lipinski definition) is 3. The molecule has 0 spiro atoms. The highest BCUT2D eigenvalue weighted by atomic mass is 19.1. The van der Waals surface area contributed by atoms with E-state index in [2.05, 4.69) is 10.1 Å². The summed E-state index contributed by atoms with van der Waals surface area (Å²) in [6.45, 7) is 2.16. The topological polar surface area (TPSA) is 68.8 Å². The summed E-state index contributed by atoms with van der Waals surface area (Å²) in [6.07, 6.45) is 2.17. The number of carbonyl (C=O) groups excluding carboxylic acids is 2. The van der Waals surface area contributed by atoms with Crippen LogP contribution in [0.4, 0.5) is 4.39 Å². The average molecular weight is 390 g/mol. The van der Waals surface area contributed by atoms with E-state index in [1.54, 1.807) is 24.0 Å². The first-order valence-electron chi connectivity index (χ1n) is 9.50. The fourth-order valence-electron chi connectivity index (χ4n) is 4.37. The quantitative estimate of drug-likeness (QED) is 0.684. The number of para-hydroxylation sites is 1. The number of piperazine rings is 1. The lowest BCUT2D eigenvalue weighted by atomic mass is 9.83. The van der Waals surface area contributed by atoms with Gasteiger partial charge in [-0.15, -0.1) is 0 Å². The molecule has 0 saturated carbocycles. The Morgan fingerprint density at radius 1 is 1.14 bits per heavy atom. The van der Waals surface area contributed by atoms with Crippen LogP contribution in [0.1, 0.15) is 23.7 Å². The van der Waals surface area contributed by atoms with E-state index in [4.69, 9.17) is 0 Å². The van der Waals surface area contributed by atoms with E-state index in [1.807, 2.05) is 24.3 Å². The predicted octanol–water partition coefficient (Wildman–Crippen LogP) is 2.78. The lowest BCUT2D eigenvalue weighted by molar-refractivity contribution is -0.165. The Bertz CT molecular complexity index is 1170. The smallest absolute Gasteiger partial charge is 0.275 e. The van der Waals surface area contributed by atoms with Gasteiger partial charge in [0.2, 0.25) is 5.91 Å². The minimum absolute atomic E-state index is 0.109. The minimum atomic E-state index is -1.14.